The lowest BCUT2D eigenvalue weighted by molar-refractivity contribution is 0.333. The highest BCUT2D eigenvalue weighted by molar-refractivity contribution is 9.10. The average Bonchev–Trinajstić information content (AvgIpc) is 2.30. The second-order valence-corrected chi connectivity index (χ2v) is 8.56. The van der Waals surface area contributed by atoms with E-state index in [9.17, 15) is 8.42 Å². The van der Waals surface area contributed by atoms with Gasteiger partial charge in [-0.05, 0) is 46.0 Å². The van der Waals surface area contributed by atoms with Gasteiger partial charge in [0.15, 0.2) is 0 Å². The van der Waals surface area contributed by atoms with Gasteiger partial charge in [0, 0.05) is 23.2 Å². The number of nitrogen functional groups attached to an aromatic ring is 1. The number of hydrogen-bond acceptors (Lipinski definition) is 3. The molecule has 0 unspecified atom stereocenters. The Balaban J connectivity index is 3.24. The van der Waals surface area contributed by atoms with Gasteiger partial charge in [0.05, 0.1) is 4.90 Å². The van der Waals surface area contributed by atoms with Gasteiger partial charge in [0.2, 0.25) is 10.0 Å². The molecule has 0 aliphatic carbocycles. The number of nitrogens with zero attached hydrogens (tertiary/aromatic N) is 1. The minimum Gasteiger partial charge on any atom is -0.399 e. The van der Waals surface area contributed by atoms with Gasteiger partial charge in [-0.1, -0.05) is 27.7 Å². The van der Waals surface area contributed by atoms with Crippen LogP contribution in [0, 0.1) is 11.8 Å². The third kappa shape index (κ3) is 4.46. The van der Waals surface area contributed by atoms with E-state index in [1.165, 1.54) is 6.07 Å². The molecule has 0 aliphatic rings. The number of halogens is 1. The standard InChI is InChI=1S/C14H23BrN2O2S/c1-10(2)8-17(9-11(3)4)20(18,19)14-7-12(16)5-6-13(14)15/h5-7,10-11H,8-9,16H2,1-4H3. The van der Waals surface area contributed by atoms with E-state index in [1.807, 2.05) is 27.7 Å². The predicted molar refractivity (Wildman–Crippen MR) is 87.0 cm³/mol. The molecule has 0 fully saturated rings. The highest BCUT2D eigenvalue weighted by Crippen LogP contribution is 2.28. The van der Waals surface area contributed by atoms with Gasteiger partial charge in [0.25, 0.3) is 0 Å². The molecule has 2 N–H and O–H groups in total. The first kappa shape index (κ1) is 17.5. The van der Waals surface area contributed by atoms with Crippen LogP contribution in [-0.4, -0.2) is 25.8 Å². The van der Waals surface area contributed by atoms with Crippen LogP contribution in [0.15, 0.2) is 27.6 Å². The molecule has 0 saturated carbocycles. The summed E-state index contributed by atoms with van der Waals surface area (Å²) in [5, 5.41) is 0. The first-order valence-electron chi connectivity index (χ1n) is 6.69. The van der Waals surface area contributed by atoms with Gasteiger partial charge in [-0.2, -0.15) is 4.31 Å². The molecule has 0 atom stereocenters. The predicted octanol–water partition coefficient (Wildman–Crippen LogP) is 3.33. The minimum absolute atomic E-state index is 0.235. The van der Waals surface area contributed by atoms with E-state index in [-0.39, 0.29) is 16.7 Å². The Hall–Kier alpha value is -0.590. The summed E-state index contributed by atoms with van der Waals surface area (Å²) in [6, 6.07) is 4.86. The van der Waals surface area contributed by atoms with Crippen LogP contribution in [0.2, 0.25) is 0 Å². The summed E-state index contributed by atoms with van der Waals surface area (Å²) >= 11 is 3.31. The molecule has 0 aromatic heterocycles. The number of sulfonamides is 1. The second-order valence-electron chi connectivity index (χ2n) is 5.80. The summed E-state index contributed by atoms with van der Waals surface area (Å²) in [7, 11) is -3.54. The summed E-state index contributed by atoms with van der Waals surface area (Å²) in [5.41, 5.74) is 6.17. The van der Waals surface area contributed by atoms with E-state index in [2.05, 4.69) is 15.9 Å². The van der Waals surface area contributed by atoms with Gasteiger partial charge in [0.1, 0.15) is 0 Å². The molecule has 20 heavy (non-hydrogen) atoms. The van der Waals surface area contributed by atoms with Gasteiger partial charge in [-0.15, -0.1) is 0 Å². The highest BCUT2D eigenvalue weighted by Gasteiger charge is 2.27. The van der Waals surface area contributed by atoms with E-state index < -0.39 is 10.0 Å². The van der Waals surface area contributed by atoms with Crippen LogP contribution in [0.1, 0.15) is 27.7 Å². The molecular formula is C14H23BrN2O2S. The topological polar surface area (TPSA) is 63.4 Å². The van der Waals surface area contributed by atoms with Crippen LogP contribution in [0.3, 0.4) is 0 Å². The zero-order valence-electron chi connectivity index (χ0n) is 12.4. The second kappa shape index (κ2) is 6.91. The fourth-order valence-corrected chi connectivity index (χ4v) is 4.67. The first-order chi connectivity index (χ1) is 9.14. The summed E-state index contributed by atoms with van der Waals surface area (Å²) in [6.45, 7) is 9.05. The van der Waals surface area contributed by atoms with Crippen molar-refractivity contribution in [2.75, 3.05) is 18.8 Å². The Morgan fingerprint density at radius 3 is 2.10 bits per heavy atom. The molecule has 0 spiro atoms. The zero-order chi connectivity index (χ0) is 15.5. The molecule has 0 bridgehead atoms. The van der Waals surface area contributed by atoms with Crippen LogP contribution < -0.4 is 5.73 Å². The van der Waals surface area contributed by atoms with E-state index in [0.717, 1.165) is 0 Å². The van der Waals surface area contributed by atoms with Gasteiger partial charge in [-0.25, -0.2) is 8.42 Å². The number of hydrogen-bond donors (Lipinski definition) is 1. The quantitative estimate of drug-likeness (QED) is 0.789. The minimum atomic E-state index is -3.54. The smallest absolute Gasteiger partial charge is 0.244 e. The average molecular weight is 363 g/mol. The molecule has 6 heteroatoms. The van der Waals surface area contributed by atoms with Crippen LogP contribution in [0.5, 0.6) is 0 Å². The summed E-state index contributed by atoms with van der Waals surface area (Å²) in [5.74, 6) is 0.534. The summed E-state index contributed by atoms with van der Waals surface area (Å²) < 4.78 is 27.7. The Kier molecular flexibility index (Phi) is 6.04. The molecule has 0 saturated heterocycles. The van der Waals surface area contributed by atoms with Crippen molar-refractivity contribution in [1.29, 1.82) is 0 Å². The van der Waals surface area contributed by atoms with Crippen molar-refractivity contribution in [2.24, 2.45) is 11.8 Å². The maximum atomic E-state index is 12.8. The Morgan fingerprint density at radius 2 is 1.65 bits per heavy atom. The lowest BCUT2D eigenvalue weighted by Gasteiger charge is -2.26. The van der Waals surface area contributed by atoms with Crippen LogP contribution >= 0.6 is 15.9 Å². The molecule has 1 aromatic carbocycles. The van der Waals surface area contributed by atoms with E-state index in [4.69, 9.17) is 5.73 Å². The van der Waals surface area contributed by atoms with Crippen molar-refractivity contribution < 1.29 is 8.42 Å². The van der Waals surface area contributed by atoms with Crippen molar-refractivity contribution in [3.63, 3.8) is 0 Å². The van der Waals surface area contributed by atoms with Gasteiger partial charge in [-0.3, -0.25) is 0 Å². The Labute approximate surface area is 130 Å². The first-order valence-corrected chi connectivity index (χ1v) is 8.93. The number of benzene rings is 1. The molecule has 0 aliphatic heterocycles. The Bertz CT molecular complexity index is 546. The van der Waals surface area contributed by atoms with Gasteiger partial charge < -0.3 is 5.73 Å². The van der Waals surface area contributed by atoms with Crippen LogP contribution in [-0.2, 0) is 10.0 Å². The third-order valence-electron chi connectivity index (χ3n) is 2.71. The van der Waals surface area contributed by atoms with E-state index >= 15 is 0 Å². The SMILES string of the molecule is CC(C)CN(CC(C)C)S(=O)(=O)c1cc(N)ccc1Br. The van der Waals surface area contributed by atoms with E-state index in [0.29, 0.717) is 23.2 Å². The Morgan fingerprint density at radius 1 is 1.15 bits per heavy atom. The number of anilines is 1. The molecule has 0 radical (unpaired) electrons. The number of rotatable bonds is 6. The van der Waals surface area contributed by atoms with E-state index in [1.54, 1.807) is 16.4 Å². The summed E-state index contributed by atoms with van der Waals surface area (Å²) in [4.78, 5) is 0.235. The summed E-state index contributed by atoms with van der Waals surface area (Å²) in [6.07, 6.45) is 0. The highest BCUT2D eigenvalue weighted by atomic mass is 79.9. The van der Waals surface area contributed by atoms with Crippen molar-refractivity contribution >= 4 is 31.6 Å². The fourth-order valence-electron chi connectivity index (χ4n) is 1.94. The van der Waals surface area contributed by atoms with Crippen molar-refractivity contribution in [1.82, 2.24) is 4.31 Å². The lowest BCUT2D eigenvalue weighted by Crippen LogP contribution is -2.37. The van der Waals surface area contributed by atoms with Crippen molar-refractivity contribution in [3.05, 3.63) is 22.7 Å². The fraction of sp³-hybridized carbons (Fsp3) is 0.571. The molecule has 1 aromatic rings. The lowest BCUT2D eigenvalue weighted by atomic mass is 10.2. The molecular weight excluding hydrogens is 340 g/mol. The monoisotopic (exact) mass is 362 g/mol. The largest absolute Gasteiger partial charge is 0.399 e. The molecule has 1 rings (SSSR count). The molecule has 0 amide bonds. The number of nitrogens with two attached hydrogens (primary N) is 1. The maximum Gasteiger partial charge on any atom is 0.244 e. The molecule has 4 nitrogen and oxygen atoms in total. The molecule has 0 heterocycles. The van der Waals surface area contributed by atoms with Crippen LogP contribution in [0.25, 0.3) is 0 Å². The van der Waals surface area contributed by atoms with Crippen molar-refractivity contribution in [2.45, 2.75) is 32.6 Å². The zero-order valence-corrected chi connectivity index (χ0v) is 14.8. The van der Waals surface area contributed by atoms with Gasteiger partial charge >= 0.3 is 0 Å². The maximum absolute atomic E-state index is 12.8. The normalized spacial score (nSPS) is 12.6. The molecule has 114 valence electrons. The van der Waals surface area contributed by atoms with Crippen LogP contribution in [0.4, 0.5) is 5.69 Å². The third-order valence-corrected chi connectivity index (χ3v) is 5.54. The van der Waals surface area contributed by atoms with Crippen molar-refractivity contribution in [3.8, 4) is 0 Å².